The van der Waals surface area contributed by atoms with Gasteiger partial charge in [0.2, 0.25) is 0 Å². The van der Waals surface area contributed by atoms with Gasteiger partial charge in [0, 0.05) is 13.0 Å². The first-order chi connectivity index (χ1) is 8.99. The average Bonchev–Trinajstić information content (AvgIpc) is 2.34. The number of nitrogens with one attached hydrogen (secondary N) is 2. The van der Waals surface area contributed by atoms with E-state index in [1.165, 1.54) is 0 Å². The molecule has 4 N–H and O–H groups in total. The topological polar surface area (TPSA) is 98.7 Å². The van der Waals surface area contributed by atoms with E-state index < -0.39 is 5.97 Å². The largest absolute Gasteiger partial charge is 0.508 e. The quantitative estimate of drug-likeness (QED) is 0.588. The molecule has 0 spiro atoms. The SMILES string of the molecule is CC(NC(=O)NCCCC(=O)O)c1cccc(O)c1. The van der Waals surface area contributed by atoms with Crippen LogP contribution >= 0.6 is 0 Å². The maximum absolute atomic E-state index is 11.5. The molecule has 1 aromatic rings. The Hall–Kier alpha value is -2.24. The fraction of sp³-hybridized carbons (Fsp3) is 0.385. The number of rotatable bonds is 6. The third kappa shape index (κ3) is 5.76. The summed E-state index contributed by atoms with van der Waals surface area (Å²) in [4.78, 5) is 21.8. The molecule has 0 saturated carbocycles. The summed E-state index contributed by atoms with van der Waals surface area (Å²) in [5.74, 6) is -0.733. The number of carboxylic acids is 1. The zero-order valence-electron chi connectivity index (χ0n) is 10.7. The second-order valence-electron chi connectivity index (χ2n) is 4.21. The van der Waals surface area contributed by atoms with Crippen LogP contribution in [0.2, 0.25) is 0 Å². The van der Waals surface area contributed by atoms with Gasteiger partial charge in [0.05, 0.1) is 6.04 Å². The molecule has 19 heavy (non-hydrogen) atoms. The molecular weight excluding hydrogens is 248 g/mol. The van der Waals surface area contributed by atoms with Crippen molar-refractivity contribution in [1.82, 2.24) is 10.6 Å². The monoisotopic (exact) mass is 266 g/mol. The molecule has 0 aliphatic carbocycles. The van der Waals surface area contributed by atoms with Gasteiger partial charge in [-0.15, -0.1) is 0 Å². The minimum absolute atomic E-state index is 0.0302. The van der Waals surface area contributed by atoms with Crippen molar-refractivity contribution in [1.29, 1.82) is 0 Å². The lowest BCUT2D eigenvalue weighted by atomic mass is 10.1. The van der Waals surface area contributed by atoms with Gasteiger partial charge in [-0.3, -0.25) is 4.79 Å². The molecule has 1 unspecified atom stereocenters. The van der Waals surface area contributed by atoms with Crippen molar-refractivity contribution in [2.24, 2.45) is 0 Å². The number of carboxylic acid groups (broad SMARTS) is 1. The fourth-order valence-corrected chi connectivity index (χ4v) is 1.57. The number of phenolic OH excluding ortho intramolecular Hbond substituents is 1. The van der Waals surface area contributed by atoms with Crippen LogP contribution in [-0.4, -0.2) is 28.8 Å². The lowest BCUT2D eigenvalue weighted by Crippen LogP contribution is -2.37. The second kappa shape index (κ2) is 7.25. The number of carbonyl (C=O) groups is 2. The molecule has 1 atom stereocenters. The fourth-order valence-electron chi connectivity index (χ4n) is 1.57. The van der Waals surface area contributed by atoms with Crippen LogP contribution < -0.4 is 10.6 Å². The molecule has 2 amide bonds. The summed E-state index contributed by atoms with van der Waals surface area (Å²) in [5.41, 5.74) is 0.792. The van der Waals surface area contributed by atoms with Crippen LogP contribution in [0.4, 0.5) is 4.79 Å². The van der Waals surface area contributed by atoms with E-state index in [0.29, 0.717) is 13.0 Å². The minimum atomic E-state index is -0.879. The zero-order chi connectivity index (χ0) is 14.3. The van der Waals surface area contributed by atoms with Crippen LogP contribution in [0, 0.1) is 0 Å². The first-order valence-corrected chi connectivity index (χ1v) is 6.04. The Kier molecular flexibility index (Phi) is 5.66. The minimum Gasteiger partial charge on any atom is -0.508 e. The standard InChI is InChI=1S/C13H18N2O4/c1-9(10-4-2-5-11(16)8-10)15-13(19)14-7-3-6-12(17)18/h2,4-5,8-9,16H,3,6-7H2,1H3,(H,17,18)(H2,14,15,19). The summed E-state index contributed by atoms with van der Waals surface area (Å²) in [7, 11) is 0. The van der Waals surface area contributed by atoms with E-state index in [4.69, 9.17) is 5.11 Å². The van der Waals surface area contributed by atoms with E-state index in [0.717, 1.165) is 5.56 Å². The van der Waals surface area contributed by atoms with Gasteiger partial charge >= 0.3 is 12.0 Å². The van der Waals surface area contributed by atoms with E-state index in [9.17, 15) is 14.7 Å². The molecule has 0 radical (unpaired) electrons. The number of benzene rings is 1. The van der Waals surface area contributed by atoms with Crippen molar-refractivity contribution in [2.75, 3.05) is 6.54 Å². The van der Waals surface area contributed by atoms with Crippen molar-refractivity contribution in [2.45, 2.75) is 25.8 Å². The van der Waals surface area contributed by atoms with Gasteiger partial charge in [-0.05, 0) is 31.0 Å². The highest BCUT2D eigenvalue weighted by atomic mass is 16.4. The molecule has 0 aromatic heterocycles. The Morgan fingerprint density at radius 2 is 2.11 bits per heavy atom. The van der Waals surface area contributed by atoms with Crippen LogP contribution in [0.15, 0.2) is 24.3 Å². The van der Waals surface area contributed by atoms with Gasteiger partial charge < -0.3 is 20.8 Å². The number of phenols is 1. The number of aromatic hydroxyl groups is 1. The molecule has 6 nitrogen and oxygen atoms in total. The van der Waals surface area contributed by atoms with Crippen molar-refractivity contribution in [3.05, 3.63) is 29.8 Å². The predicted octanol–water partition coefficient (Wildman–Crippen LogP) is 1.62. The maximum Gasteiger partial charge on any atom is 0.315 e. The number of urea groups is 1. The lowest BCUT2D eigenvalue weighted by molar-refractivity contribution is -0.137. The number of aliphatic carboxylic acids is 1. The molecule has 6 heteroatoms. The van der Waals surface area contributed by atoms with Crippen LogP contribution in [0.25, 0.3) is 0 Å². The van der Waals surface area contributed by atoms with E-state index in [1.807, 2.05) is 0 Å². The van der Waals surface area contributed by atoms with Crippen molar-refractivity contribution >= 4 is 12.0 Å². The highest BCUT2D eigenvalue weighted by molar-refractivity contribution is 5.74. The van der Waals surface area contributed by atoms with Crippen LogP contribution in [-0.2, 0) is 4.79 Å². The van der Waals surface area contributed by atoms with Gasteiger partial charge in [-0.1, -0.05) is 12.1 Å². The first kappa shape index (κ1) is 14.8. The van der Waals surface area contributed by atoms with Gasteiger partial charge in [0.25, 0.3) is 0 Å². The number of hydrogen-bond donors (Lipinski definition) is 4. The maximum atomic E-state index is 11.5. The molecule has 104 valence electrons. The first-order valence-electron chi connectivity index (χ1n) is 6.04. The van der Waals surface area contributed by atoms with Gasteiger partial charge in [0.1, 0.15) is 5.75 Å². The van der Waals surface area contributed by atoms with E-state index in [-0.39, 0.29) is 24.2 Å². The predicted molar refractivity (Wildman–Crippen MR) is 69.9 cm³/mol. The molecule has 0 aliphatic rings. The molecule has 0 aliphatic heterocycles. The molecule has 0 heterocycles. The molecule has 1 aromatic carbocycles. The molecule has 0 saturated heterocycles. The normalized spacial score (nSPS) is 11.6. The number of carbonyl (C=O) groups excluding carboxylic acids is 1. The average molecular weight is 266 g/mol. The third-order valence-electron chi connectivity index (χ3n) is 2.57. The van der Waals surface area contributed by atoms with Crippen LogP contribution in [0.3, 0.4) is 0 Å². The van der Waals surface area contributed by atoms with E-state index in [2.05, 4.69) is 10.6 Å². The van der Waals surface area contributed by atoms with Crippen molar-refractivity contribution in [3.63, 3.8) is 0 Å². The third-order valence-corrected chi connectivity index (χ3v) is 2.57. The van der Waals surface area contributed by atoms with Crippen LogP contribution in [0.1, 0.15) is 31.4 Å². The summed E-state index contributed by atoms with van der Waals surface area (Å²) in [6, 6.07) is 6.04. The highest BCUT2D eigenvalue weighted by Gasteiger charge is 2.09. The summed E-state index contributed by atoms with van der Waals surface area (Å²) in [6.07, 6.45) is 0.422. The molecular formula is C13H18N2O4. The Morgan fingerprint density at radius 1 is 1.37 bits per heavy atom. The molecule has 1 rings (SSSR count). The summed E-state index contributed by atoms with van der Waals surface area (Å²) >= 11 is 0. The smallest absolute Gasteiger partial charge is 0.315 e. The van der Waals surface area contributed by atoms with E-state index >= 15 is 0 Å². The summed E-state index contributed by atoms with van der Waals surface area (Å²) in [6.45, 7) is 2.11. The van der Waals surface area contributed by atoms with Gasteiger partial charge in [-0.2, -0.15) is 0 Å². The second-order valence-corrected chi connectivity index (χ2v) is 4.21. The summed E-state index contributed by atoms with van der Waals surface area (Å²) < 4.78 is 0. The zero-order valence-corrected chi connectivity index (χ0v) is 10.7. The molecule has 0 bridgehead atoms. The Labute approximate surface area is 111 Å². The number of hydrogen-bond acceptors (Lipinski definition) is 3. The highest BCUT2D eigenvalue weighted by Crippen LogP contribution is 2.17. The number of amides is 2. The summed E-state index contributed by atoms with van der Waals surface area (Å²) in [5, 5.41) is 23.1. The lowest BCUT2D eigenvalue weighted by Gasteiger charge is -2.15. The Bertz CT molecular complexity index is 448. The van der Waals surface area contributed by atoms with Crippen LogP contribution in [0.5, 0.6) is 5.75 Å². The molecule has 0 fully saturated rings. The van der Waals surface area contributed by atoms with Crippen molar-refractivity contribution in [3.8, 4) is 5.75 Å². The van der Waals surface area contributed by atoms with Gasteiger partial charge in [0.15, 0.2) is 0 Å². The van der Waals surface area contributed by atoms with Gasteiger partial charge in [-0.25, -0.2) is 4.79 Å². The Morgan fingerprint density at radius 3 is 2.74 bits per heavy atom. The van der Waals surface area contributed by atoms with Crippen molar-refractivity contribution < 1.29 is 19.8 Å². The Balaban J connectivity index is 2.34. The van der Waals surface area contributed by atoms with E-state index in [1.54, 1.807) is 31.2 Å².